The molecule has 3 aromatic rings. The summed E-state index contributed by atoms with van der Waals surface area (Å²) in [6.07, 6.45) is 1.45. The third kappa shape index (κ3) is 3.27. The topological polar surface area (TPSA) is 117 Å². The average molecular weight is 357 g/mol. The minimum absolute atomic E-state index is 0.0583. The Bertz CT molecular complexity index is 982. The third-order valence-corrected chi connectivity index (χ3v) is 3.77. The zero-order valence-corrected chi connectivity index (χ0v) is 14.0. The number of nitrogens with zero attached hydrogens (tertiary/aromatic N) is 2. The molecule has 0 unspecified atom stereocenters. The lowest BCUT2D eigenvalue weighted by Crippen LogP contribution is -2.04. The lowest BCUT2D eigenvalue weighted by Gasteiger charge is -2.12. The number of carbonyl (C=O) groups is 1. The van der Waals surface area contributed by atoms with Gasteiger partial charge in [0, 0.05) is 0 Å². The maximum absolute atomic E-state index is 11.5. The van der Waals surface area contributed by atoms with Crippen LogP contribution in [0.3, 0.4) is 0 Å². The molecule has 26 heavy (non-hydrogen) atoms. The molecule has 134 valence electrons. The molecular formula is C17H15N3O6. The van der Waals surface area contributed by atoms with Crippen LogP contribution in [0, 0.1) is 10.1 Å². The first-order chi connectivity index (χ1) is 12.5. The first-order valence-electron chi connectivity index (χ1n) is 7.55. The summed E-state index contributed by atoms with van der Waals surface area (Å²) in [6.45, 7) is 0. The van der Waals surface area contributed by atoms with Gasteiger partial charge in [0.05, 0.1) is 37.3 Å². The van der Waals surface area contributed by atoms with Crippen molar-refractivity contribution < 1.29 is 23.9 Å². The van der Waals surface area contributed by atoms with Crippen LogP contribution in [-0.4, -0.2) is 35.3 Å². The van der Waals surface area contributed by atoms with E-state index in [0.29, 0.717) is 22.2 Å². The van der Waals surface area contributed by atoms with Crippen molar-refractivity contribution in [3.63, 3.8) is 0 Å². The first-order valence-corrected chi connectivity index (χ1v) is 7.55. The SMILES string of the molecule is COC(=O)Cc1ccc(Oc2ccc3[nH]ncc3c2[N+](=O)[O-])c(OC)c1. The second kappa shape index (κ2) is 7.09. The van der Waals surface area contributed by atoms with Crippen LogP contribution in [0.5, 0.6) is 17.2 Å². The second-order valence-electron chi connectivity index (χ2n) is 5.34. The Labute approximate surface area is 147 Å². The van der Waals surface area contributed by atoms with Crippen LogP contribution in [0.2, 0.25) is 0 Å². The quantitative estimate of drug-likeness (QED) is 0.409. The molecule has 0 amide bonds. The maximum atomic E-state index is 11.5. The Morgan fingerprint density at radius 2 is 1.96 bits per heavy atom. The van der Waals surface area contributed by atoms with Gasteiger partial charge in [0.2, 0.25) is 5.75 Å². The number of carbonyl (C=O) groups excluding carboxylic acids is 1. The molecule has 0 aliphatic rings. The molecule has 0 saturated heterocycles. The maximum Gasteiger partial charge on any atom is 0.322 e. The van der Waals surface area contributed by atoms with Crippen molar-refractivity contribution in [2.45, 2.75) is 6.42 Å². The Kier molecular flexibility index (Phi) is 4.70. The number of nitro groups is 1. The average Bonchev–Trinajstić information content (AvgIpc) is 3.10. The molecule has 0 radical (unpaired) electrons. The number of hydrogen-bond donors (Lipinski definition) is 1. The van der Waals surface area contributed by atoms with E-state index in [1.54, 1.807) is 24.3 Å². The molecule has 9 nitrogen and oxygen atoms in total. The number of methoxy groups -OCH3 is 2. The van der Waals surface area contributed by atoms with Gasteiger partial charge < -0.3 is 14.2 Å². The van der Waals surface area contributed by atoms with Gasteiger partial charge in [-0.2, -0.15) is 5.10 Å². The lowest BCUT2D eigenvalue weighted by molar-refractivity contribution is -0.383. The van der Waals surface area contributed by atoms with Crippen LogP contribution in [0.25, 0.3) is 10.9 Å². The highest BCUT2D eigenvalue weighted by molar-refractivity contribution is 5.90. The third-order valence-electron chi connectivity index (χ3n) is 3.77. The van der Waals surface area contributed by atoms with E-state index < -0.39 is 4.92 Å². The molecule has 0 aliphatic heterocycles. The molecule has 0 atom stereocenters. The van der Waals surface area contributed by atoms with Crippen LogP contribution >= 0.6 is 0 Å². The van der Waals surface area contributed by atoms with Gasteiger partial charge in [0.25, 0.3) is 0 Å². The molecular weight excluding hydrogens is 342 g/mol. The molecule has 1 N–H and O–H groups in total. The van der Waals surface area contributed by atoms with Crippen LogP contribution in [-0.2, 0) is 16.0 Å². The molecule has 0 fully saturated rings. The summed E-state index contributed by atoms with van der Waals surface area (Å²) in [4.78, 5) is 22.4. The van der Waals surface area contributed by atoms with Crippen molar-refractivity contribution in [3.8, 4) is 17.2 Å². The van der Waals surface area contributed by atoms with E-state index in [1.807, 2.05) is 0 Å². The van der Waals surface area contributed by atoms with Gasteiger partial charge in [0.1, 0.15) is 5.39 Å². The molecule has 0 spiro atoms. The monoisotopic (exact) mass is 357 g/mol. The fraction of sp³-hybridized carbons (Fsp3) is 0.176. The molecule has 1 aromatic heterocycles. The normalized spacial score (nSPS) is 10.5. The van der Waals surface area contributed by atoms with E-state index in [1.165, 1.54) is 26.5 Å². The van der Waals surface area contributed by atoms with Crippen molar-refractivity contribution in [2.75, 3.05) is 14.2 Å². The number of hydrogen-bond acceptors (Lipinski definition) is 7. The zero-order valence-electron chi connectivity index (χ0n) is 14.0. The Hall–Kier alpha value is -3.62. The number of aromatic nitrogens is 2. The van der Waals surface area contributed by atoms with E-state index in [0.717, 1.165) is 0 Å². The van der Waals surface area contributed by atoms with Gasteiger partial charge in [-0.25, -0.2) is 0 Å². The van der Waals surface area contributed by atoms with Gasteiger partial charge in [-0.05, 0) is 29.8 Å². The molecule has 3 rings (SSSR count). The number of esters is 1. The summed E-state index contributed by atoms with van der Waals surface area (Å²) in [6, 6.07) is 8.00. The summed E-state index contributed by atoms with van der Waals surface area (Å²) in [5.74, 6) is 0.296. The molecule has 0 aliphatic carbocycles. The molecule has 0 bridgehead atoms. The van der Waals surface area contributed by atoms with Crippen molar-refractivity contribution in [1.82, 2.24) is 10.2 Å². The fourth-order valence-electron chi connectivity index (χ4n) is 2.52. The van der Waals surface area contributed by atoms with Crippen LogP contribution in [0.4, 0.5) is 5.69 Å². The van der Waals surface area contributed by atoms with Crippen LogP contribution in [0.15, 0.2) is 36.5 Å². The zero-order chi connectivity index (χ0) is 18.7. The van der Waals surface area contributed by atoms with E-state index >= 15 is 0 Å². The molecule has 0 saturated carbocycles. The Morgan fingerprint density at radius 3 is 2.65 bits per heavy atom. The molecule has 2 aromatic carbocycles. The van der Waals surface area contributed by atoms with E-state index in [9.17, 15) is 14.9 Å². The Balaban J connectivity index is 1.98. The van der Waals surface area contributed by atoms with Crippen LogP contribution < -0.4 is 9.47 Å². The standard InChI is InChI=1S/C17H15N3O6/c1-24-15-7-10(8-16(21)25-2)3-5-13(15)26-14-6-4-12-11(9-18-19-12)17(14)20(22)23/h3-7,9H,8H2,1-2H3,(H,18,19). The number of H-pyrrole nitrogens is 1. The summed E-state index contributed by atoms with van der Waals surface area (Å²) >= 11 is 0. The predicted molar refractivity (Wildman–Crippen MR) is 91.5 cm³/mol. The van der Waals surface area contributed by atoms with Crippen LogP contribution in [0.1, 0.15) is 5.56 Å². The number of aromatic amines is 1. The van der Waals surface area contributed by atoms with Crippen molar-refractivity contribution in [2.24, 2.45) is 0 Å². The largest absolute Gasteiger partial charge is 0.493 e. The van der Waals surface area contributed by atoms with Gasteiger partial charge in [-0.15, -0.1) is 0 Å². The van der Waals surface area contributed by atoms with Gasteiger partial charge >= 0.3 is 11.7 Å². The lowest BCUT2D eigenvalue weighted by atomic mass is 10.1. The van der Waals surface area contributed by atoms with Gasteiger partial charge in [-0.3, -0.25) is 20.0 Å². The fourth-order valence-corrected chi connectivity index (χ4v) is 2.52. The van der Waals surface area contributed by atoms with E-state index in [4.69, 9.17) is 9.47 Å². The summed E-state index contributed by atoms with van der Waals surface area (Å²) in [7, 11) is 2.75. The smallest absolute Gasteiger partial charge is 0.322 e. The van der Waals surface area contributed by atoms with Crippen molar-refractivity contribution in [1.29, 1.82) is 0 Å². The summed E-state index contributed by atoms with van der Waals surface area (Å²) in [5.41, 5.74) is 1.00. The number of ether oxygens (including phenoxy) is 3. The predicted octanol–water partition coefficient (Wildman–Crippen LogP) is 2.99. The van der Waals surface area contributed by atoms with Crippen molar-refractivity contribution in [3.05, 3.63) is 52.2 Å². The van der Waals surface area contributed by atoms with Crippen molar-refractivity contribution >= 4 is 22.6 Å². The highest BCUT2D eigenvalue weighted by Crippen LogP contribution is 2.40. The molecule has 9 heteroatoms. The summed E-state index contributed by atoms with van der Waals surface area (Å²) in [5, 5.41) is 18.3. The highest BCUT2D eigenvalue weighted by atomic mass is 16.6. The minimum atomic E-state index is -0.523. The number of benzene rings is 2. The number of nitrogens with one attached hydrogen (secondary N) is 1. The van der Waals surface area contributed by atoms with Gasteiger partial charge in [-0.1, -0.05) is 6.07 Å². The van der Waals surface area contributed by atoms with Gasteiger partial charge in [0.15, 0.2) is 11.5 Å². The Morgan fingerprint density at radius 1 is 1.19 bits per heavy atom. The number of fused-ring (bicyclic) bond motifs is 1. The summed E-state index contributed by atoms with van der Waals surface area (Å²) < 4.78 is 15.6. The number of rotatable bonds is 6. The number of nitro benzene ring substituents is 1. The highest BCUT2D eigenvalue weighted by Gasteiger charge is 2.22. The minimum Gasteiger partial charge on any atom is -0.493 e. The van der Waals surface area contributed by atoms with E-state index in [-0.39, 0.29) is 29.6 Å². The second-order valence-corrected chi connectivity index (χ2v) is 5.34. The van der Waals surface area contributed by atoms with E-state index in [2.05, 4.69) is 14.9 Å². The first kappa shape index (κ1) is 17.2. The molecule has 1 heterocycles.